The molecule has 3 aromatic rings. The van der Waals surface area contributed by atoms with Crippen LogP contribution >= 0.6 is 11.3 Å². The van der Waals surface area contributed by atoms with E-state index >= 15 is 0 Å². The van der Waals surface area contributed by atoms with Crippen molar-refractivity contribution in [3.05, 3.63) is 52.3 Å². The molecule has 1 saturated heterocycles. The first-order valence-electron chi connectivity index (χ1n) is 8.18. The van der Waals surface area contributed by atoms with Crippen molar-refractivity contribution in [2.45, 2.75) is 38.0 Å². The summed E-state index contributed by atoms with van der Waals surface area (Å²) in [5.41, 5.74) is 2.43. The Kier molecular flexibility index (Phi) is 4.16. The molecule has 2 aromatic heterocycles. The molecule has 0 spiro atoms. The Morgan fingerprint density at radius 1 is 1.35 bits per heavy atom. The van der Waals surface area contributed by atoms with Crippen molar-refractivity contribution in [2.75, 3.05) is 6.54 Å². The number of nitrogens with one attached hydrogen (secondary N) is 1. The Morgan fingerprint density at radius 3 is 3.17 bits per heavy atom. The largest absolute Gasteiger partial charge is 0.388 e. The van der Waals surface area contributed by atoms with E-state index in [4.69, 9.17) is 0 Å². The van der Waals surface area contributed by atoms with Crippen LogP contribution in [0.25, 0.3) is 10.9 Å². The van der Waals surface area contributed by atoms with Gasteiger partial charge in [-0.05, 0) is 42.8 Å². The molecule has 4 nitrogen and oxygen atoms in total. The molecular weight excluding hydrogens is 306 g/mol. The zero-order valence-corrected chi connectivity index (χ0v) is 13.8. The Balaban J connectivity index is 1.48. The maximum atomic E-state index is 10.5. The molecular formula is C18H21N3OS. The summed E-state index contributed by atoms with van der Waals surface area (Å²) in [5, 5.41) is 20.9. The van der Waals surface area contributed by atoms with Gasteiger partial charge in [-0.25, -0.2) is 0 Å². The molecule has 2 unspecified atom stereocenters. The fraction of sp³-hybridized carbons (Fsp3) is 0.389. The number of likely N-dealkylation sites (tertiary alicyclic amines) is 1. The molecule has 0 radical (unpaired) electrons. The number of hydrogen-bond donors (Lipinski definition) is 2. The Labute approximate surface area is 139 Å². The number of para-hydroxylation sites is 1. The molecule has 23 heavy (non-hydrogen) atoms. The smallest absolute Gasteiger partial charge is 0.0896 e. The third kappa shape index (κ3) is 3.04. The Hall–Kier alpha value is -1.69. The van der Waals surface area contributed by atoms with Gasteiger partial charge in [-0.1, -0.05) is 24.3 Å². The Bertz CT molecular complexity index is 768. The lowest BCUT2D eigenvalue weighted by Crippen LogP contribution is -2.30. The lowest BCUT2D eigenvalue weighted by molar-refractivity contribution is 0.120. The summed E-state index contributed by atoms with van der Waals surface area (Å²) in [7, 11) is 0. The van der Waals surface area contributed by atoms with E-state index in [1.165, 1.54) is 18.4 Å². The summed E-state index contributed by atoms with van der Waals surface area (Å²) in [6.07, 6.45) is 4.73. The monoisotopic (exact) mass is 327 g/mol. The van der Waals surface area contributed by atoms with Crippen LogP contribution < -0.4 is 0 Å². The summed E-state index contributed by atoms with van der Waals surface area (Å²) >= 11 is 1.64. The first-order chi connectivity index (χ1) is 11.3. The van der Waals surface area contributed by atoms with Crippen LogP contribution in [0, 0.1) is 0 Å². The van der Waals surface area contributed by atoms with Crippen molar-refractivity contribution in [2.24, 2.45) is 0 Å². The predicted molar refractivity (Wildman–Crippen MR) is 93.4 cm³/mol. The van der Waals surface area contributed by atoms with Crippen molar-refractivity contribution < 1.29 is 5.11 Å². The summed E-state index contributed by atoms with van der Waals surface area (Å²) in [5.74, 6) is 0. The second kappa shape index (κ2) is 6.43. The summed E-state index contributed by atoms with van der Waals surface area (Å²) in [4.78, 5) is 3.58. The van der Waals surface area contributed by atoms with Gasteiger partial charge in [0, 0.05) is 22.8 Å². The predicted octanol–water partition coefficient (Wildman–Crippen LogP) is 3.71. The number of aliphatic hydroxyl groups excluding tert-OH is 1. The maximum absolute atomic E-state index is 10.5. The first-order valence-corrected chi connectivity index (χ1v) is 9.06. The van der Waals surface area contributed by atoms with Crippen LogP contribution in [0.15, 0.2) is 41.9 Å². The zero-order valence-electron chi connectivity index (χ0n) is 13.0. The number of aromatic amines is 1. The SMILES string of the molecule is OC(CC1CCCN1Cc1cccc2cn[nH]c12)c1cccs1. The number of benzene rings is 1. The maximum Gasteiger partial charge on any atom is 0.0896 e. The number of thiophene rings is 1. The Morgan fingerprint density at radius 2 is 2.30 bits per heavy atom. The average Bonchev–Trinajstić information content (AvgIpc) is 3.29. The number of nitrogens with zero attached hydrogens (tertiary/aromatic N) is 2. The van der Waals surface area contributed by atoms with Gasteiger partial charge in [0.2, 0.25) is 0 Å². The minimum absolute atomic E-state index is 0.344. The van der Waals surface area contributed by atoms with Crippen molar-refractivity contribution in [1.29, 1.82) is 0 Å². The highest BCUT2D eigenvalue weighted by atomic mass is 32.1. The fourth-order valence-corrected chi connectivity index (χ4v) is 4.33. The van der Waals surface area contributed by atoms with E-state index in [1.54, 1.807) is 11.3 Å². The lowest BCUT2D eigenvalue weighted by Gasteiger charge is -2.26. The van der Waals surface area contributed by atoms with Crippen LogP contribution in [0.4, 0.5) is 0 Å². The molecule has 120 valence electrons. The van der Waals surface area contributed by atoms with Crippen LogP contribution in [-0.2, 0) is 6.54 Å². The lowest BCUT2D eigenvalue weighted by atomic mass is 10.0. The van der Waals surface area contributed by atoms with Crippen LogP contribution in [0.5, 0.6) is 0 Å². The molecule has 0 aliphatic carbocycles. The van der Waals surface area contributed by atoms with Crippen LogP contribution in [0.3, 0.4) is 0 Å². The third-order valence-corrected chi connectivity index (χ3v) is 5.78. The minimum Gasteiger partial charge on any atom is -0.388 e. The first kappa shape index (κ1) is 14.9. The fourth-order valence-electron chi connectivity index (χ4n) is 3.61. The molecule has 2 N–H and O–H groups in total. The van der Waals surface area contributed by atoms with E-state index in [-0.39, 0.29) is 6.10 Å². The van der Waals surface area contributed by atoms with E-state index in [9.17, 15) is 5.11 Å². The van der Waals surface area contributed by atoms with E-state index in [0.29, 0.717) is 6.04 Å². The second-order valence-electron chi connectivity index (χ2n) is 6.28. The molecule has 2 atom stereocenters. The molecule has 0 bridgehead atoms. The van der Waals surface area contributed by atoms with E-state index in [2.05, 4.69) is 33.3 Å². The molecule has 1 aromatic carbocycles. The molecule has 5 heteroatoms. The highest BCUT2D eigenvalue weighted by molar-refractivity contribution is 7.10. The van der Waals surface area contributed by atoms with Crippen molar-refractivity contribution in [3.8, 4) is 0 Å². The van der Waals surface area contributed by atoms with Crippen molar-refractivity contribution in [3.63, 3.8) is 0 Å². The molecule has 0 amide bonds. The molecule has 3 heterocycles. The van der Waals surface area contributed by atoms with Gasteiger partial charge in [-0.2, -0.15) is 5.10 Å². The third-order valence-electron chi connectivity index (χ3n) is 4.80. The molecule has 4 rings (SSSR count). The van der Waals surface area contributed by atoms with Crippen molar-refractivity contribution in [1.82, 2.24) is 15.1 Å². The standard InChI is InChI=1S/C18H21N3OS/c22-16(17-7-3-9-23-17)10-15-6-2-8-21(15)12-14-5-1-4-13-11-19-20-18(13)14/h1,3-5,7,9,11,15-16,22H,2,6,8,10,12H2,(H,19,20). The summed E-state index contributed by atoms with van der Waals surface area (Å²) in [6.45, 7) is 2.02. The number of fused-ring (bicyclic) bond motifs is 1. The summed E-state index contributed by atoms with van der Waals surface area (Å²) < 4.78 is 0. The number of aromatic nitrogens is 2. The minimum atomic E-state index is -0.344. The highest BCUT2D eigenvalue weighted by Crippen LogP contribution is 2.31. The number of H-pyrrole nitrogens is 1. The van der Waals surface area contributed by atoms with Crippen molar-refractivity contribution >= 4 is 22.2 Å². The number of hydrogen-bond acceptors (Lipinski definition) is 4. The van der Waals surface area contributed by atoms with E-state index in [0.717, 1.165) is 35.3 Å². The van der Waals surface area contributed by atoms with Gasteiger partial charge in [0.1, 0.15) is 0 Å². The van der Waals surface area contributed by atoms with Gasteiger partial charge in [0.25, 0.3) is 0 Å². The van der Waals surface area contributed by atoms with Gasteiger partial charge in [-0.15, -0.1) is 11.3 Å². The zero-order chi connectivity index (χ0) is 15.6. The van der Waals surface area contributed by atoms with Gasteiger partial charge < -0.3 is 5.11 Å². The quantitative estimate of drug-likeness (QED) is 0.751. The van der Waals surface area contributed by atoms with E-state index in [1.807, 2.05) is 23.7 Å². The molecule has 1 fully saturated rings. The van der Waals surface area contributed by atoms with Crippen LogP contribution in [0.1, 0.15) is 35.8 Å². The van der Waals surface area contributed by atoms with Gasteiger partial charge >= 0.3 is 0 Å². The van der Waals surface area contributed by atoms with Gasteiger partial charge in [-0.3, -0.25) is 10.00 Å². The molecule has 0 saturated carbocycles. The second-order valence-corrected chi connectivity index (χ2v) is 7.26. The average molecular weight is 327 g/mol. The molecule has 1 aliphatic rings. The van der Waals surface area contributed by atoms with Gasteiger partial charge in [0.05, 0.1) is 17.8 Å². The normalized spacial score (nSPS) is 20.3. The number of rotatable bonds is 5. The van der Waals surface area contributed by atoms with Gasteiger partial charge in [0.15, 0.2) is 0 Å². The summed E-state index contributed by atoms with van der Waals surface area (Å²) in [6, 6.07) is 10.8. The van der Waals surface area contributed by atoms with E-state index < -0.39 is 0 Å². The highest BCUT2D eigenvalue weighted by Gasteiger charge is 2.27. The molecule has 1 aliphatic heterocycles. The number of aliphatic hydroxyl groups is 1. The topological polar surface area (TPSA) is 52.1 Å². The van der Waals surface area contributed by atoms with Crippen LogP contribution in [0.2, 0.25) is 0 Å². The van der Waals surface area contributed by atoms with Crippen LogP contribution in [-0.4, -0.2) is 32.8 Å².